The summed E-state index contributed by atoms with van der Waals surface area (Å²) in [5.41, 5.74) is 0.556. The minimum Gasteiger partial charge on any atom is -0.355 e. The van der Waals surface area contributed by atoms with Crippen LogP contribution in [0.2, 0.25) is 0 Å². The number of carbonyl (C=O) groups is 1. The van der Waals surface area contributed by atoms with Gasteiger partial charge in [0.1, 0.15) is 6.04 Å². The third kappa shape index (κ3) is 2.48. The van der Waals surface area contributed by atoms with E-state index in [2.05, 4.69) is 15.5 Å². The molecule has 114 valence electrons. The Morgan fingerprint density at radius 3 is 2.75 bits per heavy atom. The van der Waals surface area contributed by atoms with Crippen LogP contribution in [0.1, 0.15) is 51.9 Å². The summed E-state index contributed by atoms with van der Waals surface area (Å²) >= 11 is 0. The van der Waals surface area contributed by atoms with Gasteiger partial charge in [0.25, 0.3) is 0 Å². The second-order valence-corrected chi connectivity index (χ2v) is 6.83. The van der Waals surface area contributed by atoms with Crippen LogP contribution in [0.5, 0.6) is 0 Å². The van der Waals surface area contributed by atoms with Gasteiger partial charge in [0.05, 0.1) is 0 Å². The normalized spacial score (nSPS) is 33.6. The first-order valence-corrected chi connectivity index (χ1v) is 8.51. The minimum atomic E-state index is 0.0489. The molecule has 0 radical (unpaired) electrons. The number of hydrogen-bond acceptors (Lipinski definition) is 3. The highest BCUT2D eigenvalue weighted by Crippen LogP contribution is 2.54. The van der Waals surface area contributed by atoms with Gasteiger partial charge in [0, 0.05) is 32.2 Å². The van der Waals surface area contributed by atoms with Gasteiger partial charge in [-0.15, -0.1) is 0 Å². The maximum absolute atomic E-state index is 12.3. The van der Waals surface area contributed by atoms with Crippen LogP contribution >= 0.6 is 0 Å². The van der Waals surface area contributed by atoms with Gasteiger partial charge < -0.3 is 10.6 Å². The highest BCUT2D eigenvalue weighted by molar-refractivity contribution is 5.82. The van der Waals surface area contributed by atoms with Crippen LogP contribution < -0.4 is 10.6 Å². The fraction of sp³-hybridized carbons (Fsp3) is 0.938. The Bertz CT molecular complexity index is 352. The summed E-state index contributed by atoms with van der Waals surface area (Å²) in [6, 6.07) is 0.713. The van der Waals surface area contributed by atoms with Crippen molar-refractivity contribution in [2.45, 2.75) is 64.0 Å². The Labute approximate surface area is 122 Å². The molecule has 2 saturated carbocycles. The summed E-state index contributed by atoms with van der Waals surface area (Å²) in [6.45, 7) is 5.62. The van der Waals surface area contributed by atoms with Gasteiger partial charge in [-0.3, -0.25) is 9.69 Å². The molecule has 2 atom stereocenters. The first-order valence-electron chi connectivity index (χ1n) is 8.51. The van der Waals surface area contributed by atoms with E-state index in [-0.39, 0.29) is 11.9 Å². The topological polar surface area (TPSA) is 44.4 Å². The molecule has 0 aromatic carbocycles. The summed E-state index contributed by atoms with van der Waals surface area (Å²) in [5.74, 6) is 0.220. The third-order valence-corrected chi connectivity index (χ3v) is 5.81. The molecular weight excluding hydrogens is 250 g/mol. The van der Waals surface area contributed by atoms with E-state index in [9.17, 15) is 4.79 Å². The quantitative estimate of drug-likeness (QED) is 0.823. The van der Waals surface area contributed by atoms with Gasteiger partial charge in [-0.05, 0) is 38.0 Å². The van der Waals surface area contributed by atoms with Crippen molar-refractivity contribution in [3.8, 4) is 0 Å². The second kappa shape index (κ2) is 6.02. The zero-order chi connectivity index (χ0) is 14.0. The molecule has 1 amide bonds. The first-order chi connectivity index (χ1) is 9.77. The molecule has 2 aliphatic carbocycles. The second-order valence-electron chi connectivity index (χ2n) is 6.83. The Morgan fingerprint density at radius 1 is 1.30 bits per heavy atom. The van der Waals surface area contributed by atoms with Crippen LogP contribution in [0.15, 0.2) is 0 Å². The van der Waals surface area contributed by atoms with E-state index < -0.39 is 0 Å². The minimum absolute atomic E-state index is 0.0489. The largest absolute Gasteiger partial charge is 0.355 e. The summed E-state index contributed by atoms with van der Waals surface area (Å²) in [7, 11) is 0. The monoisotopic (exact) mass is 279 g/mol. The van der Waals surface area contributed by atoms with E-state index in [1.165, 1.54) is 44.9 Å². The maximum atomic E-state index is 12.3. The van der Waals surface area contributed by atoms with Crippen molar-refractivity contribution in [2.24, 2.45) is 5.41 Å². The molecule has 4 heteroatoms. The number of nitrogens with zero attached hydrogens (tertiary/aromatic N) is 1. The summed E-state index contributed by atoms with van der Waals surface area (Å²) in [5, 5.41) is 6.42. The maximum Gasteiger partial charge on any atom is 0.238 e. The number of amides is 1. The molecule has 1 aliphatic heterocycles. The van der Waals surface area contributed by atoms with E-state index in [0.717, 1.165) is 26.2 Å². The summed E-state index contributed by atoms with van der Waals surface area (Å²) < 4.78 is 0. The smallest absolute Gasteiger partial charge is 0.238 e. The van der Waals surface area contributed by atoms with Crippen molar-refractivity contribution in [2.75, 3.05) is 26.2 Å². The highest BCUT2D eigenvalue weighted by atomic mass is 16.2. The fourth-order valence-corrected chi connectivity index (χ4v) is 4.67. The fourth-order valence-electron chi connectivity index (χ4n) is 4.67. The van der Waals surface area contributed by atoms with Crippen molar-refractivity contribution in [3.05, 3.63) is 0 Å². The molecule has 2 N–H and O–H groups in total. The molecule has 3 rings (SSSR count). The van der Waals surface area contributed by atoms with E-state index in [1.54, 1.807) is 0 Å². The van der Waals surface area contributed by atoms with Crippen molar-refractivity contribution in [3.63, 3.8) is 0 Å². The number of likely N-dealkylation sites (N-methyl/N-ethyl adjacent to an activating group) is 1. The molecule has 3 aliphatic rings. The highest BCUT2D eigenvalue weighted by Gasteiger charge is 2.51. The van der Waals surface area contributed by atoms with Crippen LogP contribution in [0.25, 0.3) is 0 Å². The predicted octanol–water partition coefficient (Wildman–Crippen LogP) is 1.51. The average Bonchev–Trinajstić information content (AvgIpc) is 2.48. The molecule has 4 nitrogen and oxygen atoms in total. The molecule has 2 unspecified atom stereocenters. The van der Waals surface area contributed by atoms with Crippen molar-refractivity contribution in [1.82, 2.24) is 15.5 Å². The van der Waals surface area contributed by atoms with Gasteiger partial charge in [-0.1, -0.05) is 19.3 Å². The lowest BCUT2D eigenvalue weighted by Crippen LogP contribution is -2.67. The number of nitrogens with one attached hydrogen (secondary N) is 2. The number of rotatable bonds is 3. The van der Waals surface area contributed by atoms with Gasteiger partial charge in [-0.25, -0.2) is 0 Å². The molecule has 0 bridgehead atoms. The number of carbonyl (C=O) groups excluding carboxylic acids is 1. The zero-order valence-corrected chi connectivity index (χ0v) is 12.8. The van der Waals surface area contributed by atoms with E-state index in [4.69, 9.17) is 0 Å². The van der Waals surface area contributed by atoms with Crippen molar-refractivity contribution < 1.29 is 4.79 Å². The van der Waals surface area contributed by atoms with Crippen molar-refractivity contribution in [1.29, 1.82) is 0 Å². The van der Waals surface area contributed by atoms with Crippen LogP contribution in [0.4, 0.5) is 0 Å². The SMILES string of the molecule is CCNC(=O)C1CNCCN1C1CCC12CCCCC2. The number of piperazine rings is 1. The van der Waals surface area contributed by atoms with Crippen LogP contribution in [-0.2, 0) is 4.79 Å². The van der Waals surface area contributed by atoms with Gasteiger partial charge in [0.2, 0.25) is 5.91 Å². The first kappa shape index (κ1) is 14.3. The standard InChI is InChI=1S/C16H29N3O/c1-2-18-15(20)13-12-17-10-11-19(13)14-6-9-16(14)7-4-3-5-8-16/h13-14,17H,2-12H2,1H3,(H,18,20). The molecule has 20 heavy (non-hydrogen) atoms. The zero-order valence-electron chi connectivity index (χ0n) is 12.8. The Morgan fingerprint density at radius 2 is 2.10 bits per heavy atom. The van der Waals surface area contributed by atoms with Crippen molar-refractivity contribution >= 4 is 5.91 Å². The van der Waals surface area contributed by atoms with Gasteiger partial charge in [-0.2, -0.15) is 0 Å². The lowest BCUT2D eigenvalue weighted by Gasteiger charge is -2.58. The molecular formula is C16H29N3O. The lowest BCUT2D eigenvalue weighted by atomic mass is 9.56. The van der Waals surface area contributed by atoms with Crippen LogP contribution in [-0.4, -0.2) is 49.1 Å². The molecule has 1 saturated heterocycles. The Kier molecular flexibility index (Phi) is 4.32. The van der Waals surface area contributed by atoms with Gasteiger partial charge in [0.15, 0.2) is 0 Å². The van der Waals surface area contributed by atoms with Crippen LogP contribution in [0.3, 0.4) is 0 Å². The van der Waals surface area contributed by atoms with Crippen LogP contribution in [0, 0.1) is 5.41 Å². The van der Waals surface area contributed by atoms with E-state index in [1.807, 2.05) is 6.92 Å². The number of hydrogen-bond donors (Lipinski definition) is 2. The Balaban J connectivity index is 1.71. The third-order valence-electron chi connectivity index (χ3n) is 5.81. The molecule has 3 fully saturated rings. The van der Waals surface area contributed by atoms with Gasteiger partial charge >= 0.3 is 0 Å². The lowest BCUT2D eigenvalue weighted by molar-refractivity contribution is -0.135. The predicted molar refractivity (Wildman–Crippen MR) is 80.6 cm³/mol. The molecule has 0 aromatic heterocycles. The van der Waals surface area contributed by atoms with E-state index in [0.29, 0.717) is 11.5 Å². The summed E-state index contributed by atoms with van der Waals surface area (Å²) in [4.78, 5) is 14.9. The summed E-state index contributed by atoms with van der Waals surface area (Å²) in [6.07, 6.45) is 9.69. The van der Waals surface area contributed by atoms with E-state index >= 15 is 0 Å². The average molecular weight is 279 g/mol. The molecule has 0 aromatic rings. The molecule has 1 heterocycles. The Hall–Kier alpha value is -0.610. The molecule has 1 spiro atoms.